The molecule has 174 valence electrons. The van der Waals surface area contributed by atoms with Gasteiger partial charge in [0.05, 0.1) is 18.7 Å². The fourth-order valence-electron chi connectivity index (χ4n) is 4.68. The third-order valence-corrected chi connectivity index (χ3v) is 6.55. The number of ether oxygens (including phenoxy) is 1. The van der Waals surface area contributed by atoms with Gasteiger partial charge in [-0.15, -0.1) is 0 Å². The summed E-state index contributed by atoms with van der Waals surface area (Å²) in [6.07, 6.45) is 0.860. The largest absolute Gasteiger partial charge is 0.507 e. The number of aliphatic hydroxyl groups excluding tert-OH is 1. The Morgan fingerprint density at radius 2 is 1.57 bits per heavy atom. The number of fused-ring (bicyclic) bond motifs is 1. The van der Waals surface area contributed by atoms with E-state index in [1.165, 1.54) is 4.90 Å². The van der Waals surface area contributed by atoms with Crippen molar-refractivity contribution in [1.82, 2.24) is 0 Å². The van der Waals surface area contributed by atoms with Crippen molar-refractivity contribution in [2.45, 2.75) is 19.4 Å². The van der Waals surface area contributed by atoms with Crippen molar-refractivity contribution in [1.29, 1.82) is 0 Å². The highest BCUT2D eigenvalue weighted by Crippen LogP contribution is 2.44. The number of anilines is 1. The maximum Gasteiger partial charge on any atom is 0.300 e. The molecule has 4 aromatic carbocycles. The first kappa shape index (κ1) is 22.4. The molecule has 1 amide bonds. The molecule has 1 heterocycles. The van der Waals surface area contributed by atoms with Gasteiger partial charge in [-0.1, -0.05) is 73.7 Å². The van der Waals surface area contributed by atoms with Crippen LogP contribution in [0.5, 0.6) is 5.75 Å². The Labute approximate surface area is 203 Å². The maximum atomic E-state index is 13.4. The van der Waals surface area contributed by atoms with Crippen molar-refractivity contribution in [3.8, 4) is 5.75 Å². The normalized spacial score (nSPS) is 17.2. The summed E-state index contributed by atoms with van der Waals surface area (Å²) >= 11 is 0. The summed E-state index contributed by atoms with van der Waals surface area (Å²) in [7, 11) is 1.57. The van der Waals surface area contributed by atoms with E-state index in [1.54, 1.807) is 43.5 Å². The topological polar surface area (TPSA) is 66.8 Å². The smallest absolute Gasteiger partial charge is 0.300 e. The van der Waals surface area contributed by atoms with Crippen LogP contribution >= 0.6 is 0 Å². The Bertz CT molecular complexity index is 1450. The number of rotatable bonds is 5. The quantitative estimate of drug-likeness (QED) is 0.223. The van der Waals surface area contributed by atoms with E-state index in [9.17, 15) is 14.7 Å². The Morgan fingerprint density at radius 3 is 2.26 bits per heavy atom. The zero-order valence-corrected chi connectivity index (χ0v) is 19.6. The van der Waals surface area contributed by atoms with Crippen LogP contribution in [0.15, 0.2) is 96.6 Å². The van der Waals surface area contributed by atoms with Gasteiger partial charge < -0.3 is 9.84 Å². The van der Waals surface area contributed by atoms with E-state index in [1.807, 2.05) is 54.6 Å². The lowest BCUT2D eigenvalue weighted by Gasteiger charge is -2.26. The average molecular weight is 464 g/mol. The van der Waals surface area contributed by atoms with Crippen LogP contribution in [0.3, 0.4) is 0 Å². The predicted octanol–water partition coefficient (Wildman–Crippen LogP) is 6.04. The Morgan fingerprint density at radius 1 is 0.886 bits per heavy atom. The summed E-state index contributed by atoms with van der Waals surface area (Å²) in [5.41, 5.74) is 3.01. The number of benzene rings is 4. The van der Waals surface area contributed by atoms with Crippen molar-refractivity contribution in [2.24, 2.45) is 0 Å². The van der Waals surface area contributed by atoms with Gasteiger partial charge in [0.15, 0.2) is 0 Å². The van der Waals surface area contributed by atoms with Gasteiger partial charge in [0.2, 0.25) is 0 Å². The molecule has 4 aromatic rings. The van der Waals surface area contributed by atoms with E-state index in [0.717, 1.165) is 28.3 Å². The number of amides is 1. The van der Waals surface area contributed by atoms with Crippen molar-refractivity contribution in [3.63, 3.8) is 0 Å². The van der Waals surface area contributed by atoms with Crippen molar-refractivity contribution in [2.75, 3.05) is 12.0 Å². The molecule has 0 spiro atoms. The van der Waals surface area contributed by atoms with Gasteiger partial charge in [-0.2, -0.15) is 0 Å². The van der Waals surface area contributed by atoms with E-state index in [4.69, 9.17) is 4.74 Å². The highest BCUT2D eigenvalue weighted by Gasteiger charge is 2.47. The molecule has 1 aliphatic heterocycles. The minimum absolute atomic E-state index is 0.0754. The fourth-order valence-corrected chi connectivity index (χ4v) is 4.68. The highest BCUT2D eigenvalue weighted by molar-refractivity contribution is 6.51. The number of aryl methyl sites for hydroxylation is 1. The Balaban J connectivity index is 1.76. The number of carbonyl (C=O) groups is 2. The third-order valence-electron chi connectivity index (χ3n) is 6.55. The molecule has 1 atom stereocenters. The molecule has 5 heteroatoms. The number of Topliss-reactive ketones (excluding diaryl/α,β-unsaturated/α-hetero) is 1. The van der Waals surface area contributed by atoms with Crippen LogP contribution in [0, 0.1) is 0 Å². The molecule has 0 bridgehead atoms. The van der Waals surface area contributed by atoms with Crippen LogP contribution in [0.25, 0.3) is 16.5 Å². The lowest BCUT2D eigenvalue weighted by Crippen LogP contribution is -2.29. The van der Waals surface area contributed by atoms with Gasteiger partial charge in [-0.25, -0.2) is 0 Å². The number of hydrogen-bond acceptors (Lipinski definition) is 4. The van der Waals surface area contributed by atoms with Crippen LogP contribution in [-0.2, 0) is 16.0 Å². The summed E-state index contributed by atoms with van der Waals surface area (Å²) in [5, 5.41) is 13.3. The third kappa shape index (κ3) is 3.85. The van der Waals surface area contributed by atoms with Gasteiger partial charge in [0, 0.05) is 11.3 Å². The molecule has 0 aromatic heterocycles. The molecule has 5 nitrogen and oxygen atoms in total. The Hall–Kier alpha value is -4.38. The van der Waals surface area contributed by atoms with Gasteiger partial charge in [-0.05, 0) is 52.6 Å². The summed E-state index contributed by atoms with van der Waals surface area (Å²) in [4.78, 5) is 28.3. The Kier molecular flexibility index (Phi) is 5.83. The molecule has 1 aliphatic rings. The van der Waals surface area contributed by atoms with Crippen molar-refractivity contribution >= 4 is 33.9 Å². The monoisotopic (exact) mass is 463 g/mol. The number of nitrogens with zero attached hydrogens (tertiary/aromatic N) is 1. The fraction of sp³-hybridized carbons (Fsp3) is 0.133. The van der Waals surface area contributed by atoms with E-state index in [0.29, 0.717) is 17.0 Å². The summed E-state index contributed by atoms with van der Waals surface area (Å²) in [5.74, 6) is -0.932. The first-order valence-corrected chi connectivity index (χ1v) is 11.6. The number of aliphatic hydroxyl groups is 1. The minimum atomic E-state index is -0.791. The molecule has 1 fully saturated rings. The van der Waals surface area contributed by atoms with Gasteiger partial charge >= 0.3 is 0 Å². The molecule has 1 N–H and O–H groups in total. The van der Waals surface area contributed by atoms with Gasteiger partial charge in [0.1, 0.15) is 11.5 Å². The second-order valence-corrected chi connectivity index (χ2v) is 8.49. The molecule has 0 saturated carbocycles. The van der Waals surface area contributed by atoms with Crippen molar-refractivity contribution < 1.29 is 19.4 Å². The second kappa shape index (κ2) is 9.11. The number of carbonyl (C=O) groups excluding carboxylic acids is 2. The van der Waals surface area contributed by atoms with Gasteiger partial charge in [-0.3, -0.25) is 14.5 Å². The van der Waals surface area contributed by atoms with Crippen LogP contribution < -0.4 is 9.64 Å². The molecule has 1 saturated heterocycles. The SMILES string of the molecule is CCc1ccc(/C(O)=C2/C(=O)C(=O)N(c3ccc(OC)cc3)C2c2cccc3ccccc23)cc1. The first-order chi connectivity index (χ1) is 17.0. The standard InChI is InChI=1S/C30H25NO4/c1-3-19-11-13-21(14-12-19)28(32)26-27(25-10-6-8-20-7-4-5-9-24(20)25)31(30(34)29(26)33)22-15-17-23(35-2)18-16-22/h4-18,27,32H,3H2,1-2H3/b28-26-. The number of hydrogen-bond donors (Lipinski definition) is 1. The van der Waals surface area contributed by atoms with Crippen LogP contribution in [0.4, 0.5) is 5.69 Å². The number of ketones is 1. The lowest BCUT2D eigenvalue weighted by atomic mass is 9.91. The zero-order valence-electron chi connectivity index (χ0n) is 19.6. The van der Waals surface area contributed by atoms with Crippen LogP contribution in [0.2, 0.25) is 0 Å². The first-order valence-electron chi connectivity index (χ1n) is 11.6. The molecular weight excluding hydrogens is 438 g/mol. The van der Waals surface area contributed by atoms with Crippen molar-refractivity contribution in [3.05, 3.63) is 113 Å². The predicted molar refractivity (Wildman–Crippen MR) is 138 cm³/mol. The number of methoxy groups -OCH3 is 1. The van der Waals surface area contributed by atoms with Crippen LogP contribution in [-0.4, -0.2) is 23.9 Å². The molecule has 5 rings (SSSR count). The second-order valence-electron chi connectivity index (χ2n) is 8.49. The van der Waals surface area contributed by atoms with E-state index < -0.39 is 17.7 Å². The summed E-state index contributed by atoms with van der Waals surface area (Å²) in [6, 6.07) is 27.2. The summed E-state index contributed by atoms with van der Waals surface area (Å²) in [6.45, 7) is 2.05. The maximum absolute atomic E-state index is 13.4. The van der Waals surface area contributed by atoms with E-state index in [-0.39, 0.29) is 11.3 Å². The van der Waals surface area contributed by atoms with E-state index in [2.05, 4.69) is 6.92 Å². The highest BCUT2D eigenvalue weighted by atomic mass is 16.5. The molecular formula is C30H25NO4. The molecule has 35 heavy (non-hydrogen) atoms. The van der Waals surface area contributed by atoms with Gasteiger partial charge in [0.25, 0.3) is 11.7 Å². The molecule has 0 aliphatic carbocycles. The van der Waals surface area contributed by atoms with Crippen LogP contribution in [0.1, 0.15) is 29.7 Å². The lowest BCUT2D eigenvalue weighted by molar-refractivity contribution is -0.132. The molecule has 1 unspecified atom stereocenters. The van der Waals surface area contributed by atoms with E-state index >= 15 is 0 Å². The summed E-state index contributed by atoms with van der Waals surface area (Å²) < 4.78 is 5.27. The minimum Gasteiger partial charge on any atom is -0.507 e. The zero-order chi connectivity index (χ0) is 24.5. The molecule has 0 radical (unpaired) electrons. The average Bonchev–Trinajstić information content (AvgIpc) is 3.18.